The lowest BCUT2D eigenvalue weighted by Gasteiger charge is -2.21. The van der Waals surface area contributed by atoms with E-state index in [0.29, 0.717) is 5.69 Å². The van der Waals surface area contributed by atoms with Gasteiger partial charge in [0.05, 0.1) is 19.3 Å². The summed E-state index contributed by atoms with van der Waals surface area (Å²) in [5.41, 5.74) is 0.706. The van der Waals surface area contributed by atoms with Crippen molar-refractivity contribution < 1.29 is 14.3 Å². The van der Waals surface area contributed by atoms with Gasteiger partial charge in [-0.05, 0) is 53.5 Å². The van der Waals surface area contributed by atoms with Crippen LogP contribution in [0.1, 0.15) is 12.8 Å². The Kier molecular flexibility index (Phi) is 5.78. The molecule has 1 heterocycles. The Morgan fingerprint density at radius 2 is 2.19 bits per heavy atom. The SMILES string of the molecule is COC(=O)C1CCCN1CC(=O)Nc1ccc(Br)cc1Br. The van der Waals surface area contributed by atoms with Crippen LogP contribution in [-0.2, 0) is 14.3 Å². The van der Waals surface area contributed by atoms with Gasteiger partial charge in [0, 0.05) is 8.95 Å². The van der Waals surface area contributed by atoms with Crippen molar-refractivity contribution in [3.63, 3.8) is 0 Å². The predicted octanol–water partition coefficient (Wildman–Crippen LogP) is 2.79. The number of halogens is 2. The molecule has 1 fully saturated rings. The van der Waals surface area contributed by atoms with Crippen molar-refractivity contribution in [2.45, 2.75) is 18.9 Å². The van der Waals surface area contributed by atoms with Crippen LogP contribution in [0.5, 0.6) is 0 Å². The fourth-order valence-corrected chi connectivity index (χ4v) is 3.53. The molecule has 1 unspecified atom stereocenters. The second-order valence-corrected chi connectivity index (χ2v) is 6.59. The van der Waals surface area contributed by atoms with Crippen molar-refractivity contribution in [1.29, 1.82) is 0 Å². The number of hydrogen-bond acceptors (Lipinski definition) is 4. The lowest BCUT2D eigenvalue weighted by molar-refractivity contribution is -0.146. The smallest absolute Gasteiger partial charge is 0.323 e. The molecule has 1 aromatic rings. The van der Waals surface area contributed by atoms with Crippen molar-refractivity contribution in [2.75, 3.05) is 25.5 Å². The summed E-state index contributed by atoms with van der Waals surface area (Å²) >= 11 is 6.77. The van der Waals surface area contributed by atoms with E-state index in [1.165, 1.54) is 7.11 Å². The average Bonchev–Trinajstić information content (AvgIpc) is 2.89. The number of amides is 1. The highest BCUT2D eigenvalue weighted by molar-refractivity contribution is 9.11. The summed E-state index contributed by atoms with van der Waals surface area (Å²) in [6, 6.07) is 5.22. The molecular weight excluding hydrogens is 404 g/mol. The van der Waals surface area contributed by atoms with E-state index < -0.39 is 0 Å². The molecule has 0 aromatic heterocycles. The molecule has 21 heavy (non-hydrogen) atoms. The minimum atomic E-state index is -0.311. The minimum Gasteiger partial charge on any atom is -0.468 e. The number of nitrogens with one attached hydrogen (secondary N) is 1. The summed E-state index contributed by atoms with van der Waals surface area (Å²) in [5.74, 6) is -0.418. The summed E-state index contributed by atoms with van der Waals surface area (Å²) in [6.07, 6.45) is 1.64. The van der Waals surface area contributed by atoms with Gasteiger partial charge in [0.15, 0.2) is 0 Å². The zero-order valence-electron chi connectivity index (χ0n) is 11.6. The Morgan fingerprint density at radius 3 is 2.86 bits per heavy atom. The molecule has 1 saturated heterocycles. The first-order valence-electron chi connectivity index (χ1n) is 6.58. The zero-order chi connectivity index (χ0) is 15.4. The number of nitrogens with zero attached hydrogens (tertiary/aromatic N) is 1. The van der Waals surface area contributed by atoms with E-state index in [0.717, 1.165) is 28.3 Å². The van der Waals surface area contributed by atoms with Gasteiger partial charge < -0.3 is 10.1 Å². The fraction of sp³-hybridized carbons (Fsp3) is 0.429. The van der Waals surface area contributed by atoms with Gasteiger partial charge in [-0.3, -0.25) is 14.5 Å². The zero-order valence-corrected chi connectivity index (χ0v) is 14.7. The molecule has 0 bridgehead atoms. The standard InChI is InChI=1S/C14H16Br2N2O3/c1-21-14(20)12-3-2-6-18(12)8-13(19)17-11-5-4-9(15)7-10(11)16/h4-5,7,12H,2-3,6,8H2,1H3,(H,17,19). The second-order valence-electron chi connectivity index (χ2n) is 4.82. The van der Waals surface area contributed by atoms with Gasteiger partial charge in [0.2, 0.25) is 5.91 Å². The van der Waals surface area contributed by atoms with Crippen LogP contribution in [0.3, 0.4) is 0 Å². The quantitative estimate of drug-likeness (QED) is 0.762. The number of carbonyl (C=O) groups is 2. The number of methoxy groups -OCH3 is 1. The van der Waals surface area contributed by atoms with Crippen LogP contribution in [0.25, 0.3) is 0 Å². The molecule has 1 aromatic carbocycles. The first-order chi connectivity index (χ1) is 10.0. The molecule has 7 heteroatoms. The van der Waals surface area contributed by atoms with Crippen LogP contribution in [0.4, 0.5) is 5.69 Å². The van der Waals surface area contributed by atoms with Crippen molar-refractivity contribution in [3.05, 3.63) is 27.1 Å². The van der Waals surface area contributed by atoms with E-state index in [-0.39, 0.29) is 24.5 Å². The number of benzene rings is 1. The molecule has 1 N–H and O–H groups in total. The number of likely N-dealkylation sites (tertiary alicyclic amines) is 1. The second kappa shape index (κ2) is 7.38. The van der Waals surface area contributed by atoms with Gasteiger partial charge in [-0.1, -0.05) is 15.9 Å². The van der Waals surface area contributed by atoms with Gasteiger partial charge in [-0.15, -0.1) is 0 Å². The van der Waals surface area contributed by atoms with Crippen molar-refractivity contribution >= 4 is 49.4 Å². The van der Waals surface area contributed by atoms with Crippen LogP contribution in [-0.4, -0.2) is 43.0 Å². The third-order valence-corrected chi connectivity index (χ3v) is 4.54. The predicted molar refractivity (Wildman–Crippen MR) is 87.1 cm³/mol. The molecule has 1 amide bonds. The van der Waals surface area contributed by atoms with Crippen molar-refractivity contribution in [2.24, 2.45) is 0 Å². The maximum absolute atomic E-state index is 12.1. The van der Waals surface area contributed by atoms with Gasteiger partial charge in [-0.2, -0.15) is 0 Å². The Morgan fingerprint density at radius 1 is 1.43 bits per heavy atom. The maximum atomic E-state index is 12.1. The first-order valence-corrected chi connectivity index (χ1v) is 8.16. The maximum Gasteiger partial charge on any atom is 0.323 e. The molecule has 5 nitrogen and oxygen atoms in total. The van der Waals surface area contributed by atoms with Gasteiger partial charge >= 0.3 is 5.97 Å². The lowest BCUT2D eigenvalue weighted by atomic mass is 10.2. The first kappa shape index (κ1) is 16.5. The number of anilines is 1. The number of rotatable bonds is 4. The molecule has 0 spiro atoms. The average molecular weight is 420 g/mol. The van der Waals surface area contributed by atoms with Crippen LogP contribution in [0, 0.1) is 0 Å². The Labute approximate surface area is 140 Å². The molecule has 1 aliphatic rings. The molecule has 114 valence electrons. The van der Waals surface area contributed by atoms with Gasteiger partial charge in [0.1, 0.15) is 6.04 Å². The normalized spacial score (nSPS) is 18.5. The Bertz CT molecular complexity index is 551. The van der Waals surface area contributed by atoms with E-state index in [9.17, 15) is 9.59 Å². The van der Waals surface area contributed by atoms with Crippen molar-refractivity contribution in [1.82, 2.24) is 4.90 Å². The van der Waals surface area contributed by atoms with Gasteiger partial charge in [0.25, 0.3) is 0 Å². The van der Waals surface area contributed by atoms with E-state index in [1.807, 2.05) is 23.1 Å². The number of hydrogen-bond donors (Lipinski definition) is 1. The summed E-state index contributed by atoms with van der Waals surface area (Å²) in [7, 11) is 1.37. The van der Waals surface area contributed by atoms with E-state index in [2.05, 4.69) is 37.2 Å². The summed E-state index contributed by atoms with van der Waals surface area (Å²) < 4.78 is 6.50. The van der Waals surface area contributed by atoms with Crippen LogP contribution < -0.4 is 5.32 Å². The van der Waals surface area contributed by atoms with E-state index >= 15 is 0 Å². The highest BCUT2D eigenvalue weighted by Crippen LogP contribution is 2.26. The lowest BCUT2D eigenvalue weighted by Crippen LogP contribution is -2.41. The molecule has 1 atom stereocenters. The van der Waals surface area contributed by atoms with Crippen LogP contribution in [0.15, 0.2) is 27.1 Å². The molecule has 2 rings (SSSR count). The molecule has 1 aliphatic heterocycles. The number of ether oxygens (including phenoxy) is 1. The fourth-order valence-electron chi connectivity index (χ4n) is 2.38. The minimum absolute atomic E-state index is 0.145. The summed E-state index contributed by atoms with van der Waals surface area (Å²) in [6.45, 7) is 0.914. The van der Waals surface area contributed by atoms with Crippen LogP contribution in [0.2, 0.25) is 0 Å². The third kappa shape index (κ3) is 4.28. The molecule has 0 saturated carbocycles. The highest BCUT2D eigenvalue weighted by atomic mass is 79.9. The van der Waals surface area contributed by atoms with Crippen LogP contribution >= 0.6 is 31.9 Å². The number of esters is 1. The van der Waals surface area contributed by atoms with Gasteiger partial charge in [-0.25, -0.2) is 0 Å². The number of carbonyl (C=O) groups excluding carboxylic acids is 2. The summed E-state index contributed by atoms with van der Waals surface area (Å²) in [5, 5.41) is 2.84. The van der Waals surface area contributed by atoms with E-state index in [1.54, 1.807) is 0 Å². The topological polar surface area (TPSA) is 58.6 Å². The molecule has 0 aliphatic carbocycles. The Balaban J connectivity index is 1.96. The van der Waals surface area contributed by atoms with Crippen molar-refractivity contribution in [3.8, 4) is 0 Å². The third-order valence-electron chi connectivity index (χ3n) is 3.39. The van der Waals surface area contributed by atoms with E-state index in [4.69, 9.17) is 4.74 Å². The largest absolute Gasteiger partial charge is 0.468 e. The summed E-state index contributed by atoms with van der Waals surface area (Å²) in [4.78, 5) is 25.6. The highest BCUT2D eigenvalue weighted by Gasteiger charge is 2.32. The molecular formula is C14H16Br2N2O3. The molecule has 0 radical (unpaired) electrons. The Hall–Kier alpha value is -0.920. The monoisotopic (exact) mass is 418 g/mol.